The van der Waals surface area contributed by atoms with Crippen LogP contribution in [0.1, 0.15) is 19.4 Å². The summed E-state index contributed by atoms with van der Waals surface area (Å²) in [4.78, 5) is 12.0. The van der Waals surface area contributed by atoms with Gasteiger partial charge in [0.2, 0.25) is 10.0 Å². The van der Waals surface area contributed by atoms with Crippen molar-refractivity contribution in [2.45, 2.75) is 31.3 Å². The number of hydrogen-bond donors (Lipinski definition) is 4. The number of benzene rings is 2. The van der Waals surface area contributed by atoms with E-state index in [2.05, 4.69) is 21.3 Å². The van der Waals surface area contributed by atoms with Crippen molar-refractivity contribution >= 4 is 44.8 Å². The van der Waals surface area contributed by atoms with Crippen molar-refractivity contribution in [3.8, 4) is 0 Å². The van der Waals surface area contributed by atoms with Crippen LogP contribution in [-0.2, 0) is 21.3 Å². The summed E-state index contributed by atoms with van der Waals surface area (Å²) in [6.07, 6.45) is 0. The lowest BCUT2D eigenvalue weighted by Gasteiger charge is -2.26. The molecule has 1 heterocycles. The van der Waals surface area contributed by atoms with E-state index < -0.39 is 10.0 Å². The molecule has 11 heteroatoms. The fourth-order valence-corrected chi connectivity index (χ4v) is 4.74. The van der Waals surface area contributed by atoms with Gasteiger partial charge in [0, 0.05) is 37.1 Å². The number of nitrogens with one attached hydrogen (secondary N) is 4. The van der Waals surface area contributed by atoms with Crippen molar-refractivity contribution in [1.82, 2.24) is 14.9 Å². The van der Waals surface area contributed by atoms with Gasteiger partial charge in [-0.3, -0.25) is 0 Å². The third-order valence-electron chi connectivity index (χ3n) is 4.80. The number of nitrogens with zero attached hydrogens (tertiary/aromatic N) is 1. The van der Waals surface area contributed by atoms with Crippen LogP contribution in [-0.4, -0.2) is 56.2 Å². The van der Waals surface area contributed by atoms with E-state index in [0.29, 0.717) is 49.3 Å². The third kappa shape index (κ3) is 7.39. The van der Waals surface area contributed by atoms with Gasteiger partial charge < -0.3 is 26.0 Å². The minimum atomic E-state index is -3.52. The maximum atomic E-state index is 12.7. The van der Waals surface area contributed by atoms with Gasteiger partial charge in [0.05, 0.1) is 18.1 Å². The number of rotatable bonds is 7. The number of urea groups is 1. The SMILES string of the molecule is CC(C)NC(=O)Nc1ccc(CNC(=S)Nc2ccc(S(=O)(=O)N3CCOCC3)cc2)cc1. The predicted octanol–water partition coefficient (Wildman–Crippen LogP) is 2.72. The number of morpholine rings is 1. The first-order valence-electron chi connectivity index (χ1n) is 10.6. The summed E-state index contributed by atoms with van der Waals surface area (Å²) in [7, 11) is -3.52. The van der Waals surface area contributed by atoms with Crippen molar-refractivity contribution < 1.29 is 17.9 Å². The lowest BCUT2D eigenvalue weighted by Crippen LogP contribution is -2.40. The largest absolute Gasteiger partial charge is 0.379 e. The Morgan fingerprint density at radius 1 is 1.00 bits per heavy atom. The monoisotopic (exact) mass is 491 g/mol. The van der Waals surface area contributed by atoms with Crippen LogP contribution in [0.2, 0.25) is 0 Å². The molecule has 2 aromatic carbocycles. The number of carbonyl (C=O) groups excluding carboxylic acids is 1. The minimum Gasteiger partial charge on any atom is -0.379 e. The smallest absolute Gasteiger partial charge is 0.319 e. The highest BCUT2D eigenvalue weighted by Crippen LogP contribution is 2.19. The number of ether oxygens (including phenoxy) is 1. The molecule has 1 aliphatic heterocycles. The molecule has 2 amide bonds. The van der Waals surface area contributed by atoms with Gasteiger partial charge in [-0.1, -0.05) is 12.1 Å². The zero-order chi connectivity index (χ0) is 23.8. The lowest BCUT2D eigenvalue weighted by atomic mass is 10.2. The van der Waals surface area contributed by atoms with Gasteiger partial charge in [-0.25, -0.2) is 13.2 Å². The number of anilines is 2. The molecule has 4 N–H and O–H groups in total. The second-order valence-electron chi connectivity index (χ2n) is 7.80. The van der Waals surface area contributed by atoms with E-state index in [1.165, 1.54) is 4.31 Å². The van der Waals surface area contributed by atoms with Gasteiger partial charge in [0.15, 0.2) is 5.11 Å². The van der Waals surface area contributed by atoms with Crippen LogP contribution in [0.4, 0.5) is 16.2 Å². The van der Waals surface area contributed by atoms with Gasteiger partial charge >= 0.3 is 6.03 Å². The van der Waals surface area contributed by atoms with Crippen LogP contribution in [0.25, 0.3) is 0 Å². The Hall–Kier alpha value is -2.73. The summed E-state index contributed by atoms with van der Waals surface area (Å²) in [5.74, 6) is 0. The quantitative estimate of drug-likeness (QED) is 0.441. The Labute approximate surface area is 199 Å². The van der Waals surface area contributed by atoms with Crippen molar-refractivity contribution in [3.63, 3.8) is 0 Å². The molecule has 33 heavy (non-hydrogen) atoms. The molecule has 0 spiro atoms. The molecule has 2 aromatic rings. The average molecular weight is 492 g/mol. The second kappa shape index (κ2) is 11.4. The minimum absolute atomic E-state index is 0.0624. The summed E-state index contributed by atoms with van der Waals surface area (Å²) >= 11 is 5.34. The van der Waals surface area contributed by atoms with E-state index in [9.17, 15) is 13.2 Å². The third-order valence-corrected chi connectivity index (χ3v) is 6.96. The molecular formula is C22H29N5O4S2. The Balaban J connectivity index is 1.48. The molecule has 0 bridgehead atoms. The standard InChI is InChI=1S/C22H29N5O4S2/c1-16(2)24-21(28)25-18-5-3-17(4-6-18)15-23-22(32)26-19-7-9-20(10-8-19)33(29,30)27-11-13-31-14-12-27/h3-10,16H,11-15H2,1-2H3,(H2,23,26,32)(H2,24,25,28). The van der Waals surface area contributed by atoms with Gasteiger partial charge in [-0.2, -0.15) is 4.31 Å². The van der Waals surface area contributed by atoms with Crippen LogP contribution in [0.5, 0.6) is 0 Å². The zero-order valence-electron chi connectivity index (χ0n) is 18.6. The lowest BCUT2D eigenvalue weighted by molar-refractivity contribution is 0.0730. The van der Waals surface area contributed by atoms with Crippen LogP contribution >= 0.6 is 12.2 Å². The van der Waals surface area contributed by atoms with Crippen LogP contribution in [0.15, 0.2) is 53.4 Å². The average Bonchev–Trinajstić information content (AvgIpc) is 2.79. The molecule has 1 fully saturated rings. The molecule has 3 rings (SSSR count). The summed E-state index contributed by atoms with van der Waals surface area (Å²) < 4.78 is 32.0. The van der Waals surface area contributed by atoms with Gasteiger partial charge in [-0.05, 0) is 68.0 Å². The van der Waals surface area contributed by atoms with Gasteiger partial charge in [0.1, 0.15) is 0 Å². The molecule has 178 valence electrons. The number of hydrogen-bond acceptors (Lipinski definition) is 5. The fraction of sp³-hybridized carbons (Fsp3) is 0.364. The second-order valence-corrected chi connectivity index (χ2v) is 10.1. The Bertz CT molecular complexity index is 1050. The summed E-state index contributed by atoms with van der Waals surface area (Å²) in [5, 5.41) is 12.1. The van der Waals surface area contributed by atoms with Crippen molar-refractivity contribution in [2.75, 3.05) is 36.9 Å². The highest BCUT2D eigenvalue weighted by molar-refractivity contribution is 7.89. The molecule has 1 saturated heterocycles. The molecule has 0 unspecified atom stereocenters. The van der Waals surface area contributed by atoms with E-state index in [1.807, 2.05) is 38.1 Å². The maximum Gasteiger partial charge on any atom is 0.319 e. The topological polar surface area (TPSA) is 112 Å². The Kier molecular flexibility index (Phi) is 8.61. The molecular weight excluding hydrogens is 462 g/mol. The van der Waals surface area contributed by atoms with Crippen molar-refractivity contribution in [3.05, 3.63) is 54.1 Å². The zero-order valence-corrected chi connectivity index (χ0v) is 20.3. The highest BCUT2D eigenvalue weighted by atomic mass is 32.2. The van der Waals surface area contributed by atoms with Crippen LogP contribution in [0, 0.1) is 0 Å². The number of carbonyl (C=O) groups is 1. The first-order chi connectivity index (χ1) is 15.7. The maximum absolute atomic E-state index is 12.7. The number of thiocarbonyl (C=S) groups is 1. The summed E-state index contributed by atoms with van der Waals surface area (Å²) in [6, 6.07) is 13.7. The van der Waals surface area contributed by atoms with E-state index >= 15 is 0 Å². The predicted molar refractivity (Wildman–Crippen MR) is 133 cm³/mol. The number of amides is 2. The first kappa shape index (κ1) is 24.9. The summed E-state index contributed by atoms with van der Waals surface area (Å²) in [6.45, 7) is 5.82. The number of sulfonamides is 1. The molecule has 0 radical (unpaired) electrons. The van der Waals surface area contributed by atoms with Crippen LogP contribution in [0.3, 0.4) is 0 Å². The van der Waals surface area contributed by atoms with E-state index in [-0.39, 0.29) is 17.0 Å². The molecule has 9 nitrogen and oxygen atoms in total. The van der Waals surface area contributed by atoms with Crippen molar-refractivity contribution in [2.24, 2.45) is 0 Å². The molecule has 0 aliphatic carbocycles. The first-order valence-corrected chi connectivity index (χ1v) is 12.5. The summed E-state index contributed by atoms with van der Waals surface area (Å²) in [5.41, 5.74) is 2.37. The molecule has 0 saturated carbocycles. The Morgan fingerprint density at radius 3 is 2.18 bits per heavy atom. The fourth-order valence-electron chi connectivity index (χ4n) is 3.14. The van der Waals surface area contributed by atoms with Crippen LogP contribution < -0.4 is 21.3 Å². The van der Waals surface area contributed by atoms with Gasteiger partial charge in [0.25, 0.3) is 0 Å². The normalized spacial score (nSPS) is 14.5. The molecule has 0 atom stereocenters. The van der Waals surface area contributed by atoms with E-state index in [0.717, 1.165) is 5.56 Å². The highest BCUT2D eigenvalue weighted by Gasteiger charge is 2.26. The van der Waals surface area contributed by atoms with E-state index in [1.54, 1.807) is 24.3 Å². The Morgan fingerprint density at radius 2 is 1.58 bits per heavy atom. The van der Waals surface area contributed by atoms with E-state index in [4.69, 9.17) is 17.0 Å². The van der Waals surface area contributed by atoms with Gasteiger partial charge in [-0.15, -0.1) is 0 Å². The molecule has 1 aliphatic rings. The molecule has 0 aromatic heterocycles. The van der Waals surface area contributed by atoms with Crippen molar-refractivity contribution in [1.29, 1.82) is 0 Å².